The Morgan fingerprint density at radius 2 is 2.32 bits per heavy atom. The lowest BCUT2D eigenvalue weighted by Crippen LogP contribution is -2.22. The van der Waals surface area contributed by atoms with E-state index in [2.05, 4.69) is 37.4 Å². The molecule has 1 unspecified atom stereocenters. The lowest BCUT2D eigenvalue weighted by atomic mass is 10.3. The molecule has 0 aliphatic heterocycles. The van der Waals surface area contributed by atoms with Crippen LogP contribution in [0.3, 0.4) is 0 Å². The van der Waals surface area contributed by atoms with Crippen LogP contribution in [0.15, 0.2) is 32.4 Å². The summed E-state index contributed by atoms with van der Waals surface area (Å²) >= 11 is 4.55. The fourth-order valence-electron chi connectivity index (χ4n) is 1.93. The van der Waals surface area contributed by atoms with E-state index in [9.17, 15) is 4.79 Å². The van der Waals surface area contributed by atoms with E-state index in [1.807, 2.05) is 13.0 Å². The van der Waals surface area contributed by atoms with Crippen LogP contribution < -0.4 is 10.6 Å². The maximum atomic E-state index is 12.2. The zero-order valence-corrected chi connectivity index (χ0v) is 16.1. The second-order valence-corrected chi connectivity index (χ2v) is 8.81. The number of hydrogen-bond acceptors (Lipinski definition) is 9. The molecule has 0 aliphatic rings. The first-order valence-electron chi connectivity index (χ1n) is 7.61. The van der Waals surface area contributed by atoms with E-state index in [-0.39, 0.29) is 11.2 Å². The third kappa shape index (κ3) is 5.28. The van der Waals surface area contributed by atoms with Gasteiger partial charge in [0, 0.05) is 17.5 Å². The Bertz CT molecular complexity index is 815. The van der Waals surface area contributed by atoms with Crippen LogP contribution in [0, 0.1) is 6.92 Å². The highest BCUT2D eigenvalue weighted by Crippen LogP contribution is 2.29. The first kappa shape index (κ1) is 17.9. The number of nitrogens with zero attached hydrogens (tertiary/aromatic N) is 3. The first-order chi connectivity index (χ1) is 12.1. The third-order valence-electron chi connectivity index (χ3n) is 3.16. The molecule has 3 rings (SSSR count). The van der Waals surface area contributed by atoms with Gasteiger partial charge in [-0.2, -0.15) is 0 Å². The van der Waals surface area contributed by atoms with E-state index in [0.29, 0.717) is 5.88 Å². The Balaban J connectivity index is 1.45. The molecule has 1 atom stereocenters. The molecule has 0 saturated carbocycles. The van der Waals surface area contributed by atoms with Crippen LogP contribution in [-0.4, -0.2) is 33.1 Å². The van der Waals surface area contributed by atoms with E-state index in [1.165, 1.54) is 28.0 Å². The maximum absolute atomic E-state index is 12.2. The number of thiophene rings is 1. The van der Waals surface area contributed by atoms with Gasteiger partial charge in [-0.25, -0.2) is 0 Å². The van der Waals surface area contributed by atoms with Crippen molar-refractivity contribution in [3.8, 4) is 0 Å². The van der Waals surface area contributed by atoms with E-state index in [0.717, 1.165) is 28.1 Å². The van der Waals surface area contributed by atoms with Crippen LogP contribution in [0.25, 0.3) is 0 Å². The molecule has 25 heavy (non-hydrogen) atoms. The smallest absolute Gasteiger partial charge is 0.240 e. The molecule has 0 fully saturated rings. The van der Waals surface area contributed by atoms with Gasteiger partial charge in [-0.1, -0.05) is 34.3 Å². The van der Waals surface area contributed by atoms with Crippen molar-refractivity contribution in [1.82, 2.24) is 15.4 Å². The number of thioether (sulfide) groups is 1. The van der Waals surface area contributed by atoms with Crippen LogP contribution in [0.1, 0.15) is 17.5 Å². The number of nitrogens with one attached hydrogen (secondary N) is 2. The third-order valence-corrected chi connectivity index (χ3v) is 6.16. The van der Waals surface area contributed by atoms with Gasteiger partial charge in [-0.05, 0) is 31.7 Å². The van der Waals surface area contributed by atoms with Crippen molar-refractivity contribution >= 4 is 51.4 Å². The van der Waals surface area contributed by atoms with Gasteiger partial charge >= 0.3 is 0 Å². The zero-order valence-electron chi connectivity index (χ0n) is 13.7. The van der Waals surface area contributed by atoms with Gasteiger partial charge in [-0.3, -0.25) is 10.1 Å². The summed E-state index contributed by atoms with van der Waals surface area (Å²) in [5, 5.41) is 20.4. The maximum Gasteiger partial charge on any atom is 0.240 e. The van der Waals surface area contributed by atoms with Crippen molar-refractivity contribution < 1.29 is 9.32 Å². The summed E-state index contributed by atoms with van der Waals surface area (Å²) in [7, 11) is 0. The van der Waals surface area contributed by atoms with Crippen LogP contribution in [0.2, 0.25) is 0 Å². The van der Waals surface area contributed by atoms with Crippen LogP contribution in [-0.2, 0) is 11.2 Å². The quantitative estimate of drug-likeness (QED) is 0.562. The van der Waals surface area contributed by atoms with Crippen LogP contribution in [0.5, 0.6) is 0 Å². The largest absolute Gasteiger partial charge is 0.360 e. The topological polar surface area (TPSA) is 92.9 Å². The lowest BCUT2D eigenvalue weighted by molar-refractivity contribution is -0.115. The SMILES string of the molecule is Cc1cc(NC(=O)C(C)Sc2nnc(NCCc3cccs3)s2)on1. The molecule has 3 heterocycles. The van der Waals surface area contributed by atoms with E-state index in [4.69, 9.17) is 4.52 Å². The summed E-state index contributed by atoms with van der Waals surface area (Å²) < 4.78 is 5.73. The van der Waals surface area contributed by atoms with Crippen molar-refractivity contribution in [2.24, 2.45) is 0 Å². The molecule has 132 valence electrons. The normalized spacial score (nSPS) is 12.1. The number of carbonyl (C=O) groups excluding carboxylic acids is 1. The average Bonchev–Trinajstić information content (AvgIpc) is 3.31. The number of aryl methyl sites for hydroxylation is 1. The van der Waals surface area contributed by atoms with Gasteiger partial charge in [0.25, 0.3) is 0 Å². The fraction of sp³-hybridized carbons (Fsp3) is 0.333. The second-order valence-electron chi connectivity index (χ2n) is 5.21. The number of amides is 1. The Hall–Kier alpha value is -1.91. The molecule has 2 N–H and O–H groups in total. The molecular formula is C15H17N5O2S3. The summed E-state index contributed by atoms with van der Waals surface area (Å²) in [4.78, 5) is 13.5. The monoisotopic (exact) mass is 395 g/mol. The van der Waals surface area contributed by atoms with Crippen molar-refractivity contribution in [1.29, 1.82) is 0 Å². The predicted molar refractivity (Wildman–Crippen MR) is 102 cm³/mol. The fourth-order valence-corrected chi connectivity index (χ4v) is 4.56. The van der Waals surface area contributed by atoms with Gasteiger partial charge in [0.15, 0.2) is 4.34 Å². The predicted octanol–water partition coefficient (Wildman–Crippen LogP) is 3.67. The first-order valence-corrected chi connectivity index (χ1v) is 10.2. The van der Waals surface area contributed by atoms with Gasteiger partial charge < -0.3 is 9.84 Å². The minimum atomic E-state index is -0.322. The number of anilines is 2. The molecule has 3 aromatic heterocycles. The molecule has 0 aromatic carbocycles. The minimum absolute atomic E-state index is 0.163. The number of aromatic nitrogens is 3. The molecule has 0 saturated heterocycles. The zero-order chi connectivity index (χ0) is 17.6. The average molecular weight is 396 g/mol. The number of rotatable bonds is 8. The van der Waals surface area contributed by atoms with Crippen LogP contribution >= 0.6 is 34.4 Å². The van der Waals surface area contributed by atoms with Gasteiger partial charge in [-0.15, -0.1) is 21.5 Å². The van der Waals surface area contributed by atoms with Gasteiger partial charge in [0.1, 0.15) is 0 Å². The summed E-state index contributed by atoms with van der Waals surface area (Å²) in [5.74, 6) is 0.187. The molecule has 7 nitrogen and oxygen atoms in total. The molecule has 3 aromatic rings. The van der Waals surface area contributed by atoms with Crippen molar-refractivity contribution in [2.45, 2.75) is 29.9 Å². The van der Waals surface area contributed by atoms with E-state index in [1.54, 1.807) is 24.3 Å². The number of carbonyl (C=O) groups is 1. The molecule has 0 spiro atoms. The summed E-state index contributed by atoms with van der Waals surface area (Å²) in [6, 6.07) is 5.84. The van der Waals surface area contributed by atoms with Crippen LogP contribution in [0.4, 0.5) is 11.0 Å². The Kier molecular flexibility index (Phi) is 6.05. The van der Waals surface area contributed by atoms with Crippen molar-refractivity contribution in [2.75, 3.05) is 17.2 Å². The van der Waals surface area contributed by atoms with E-state index >= 15 is 0 Å². The highest BCUT2D eigenvalue weighted by molar-refractivity contribution is 8.02. The number of hydrogen-bond donors (Lipinski definition) is 2. The summed E-state index contributed by atoms with van der Waals surface area (Å²) in [6.07, 6.45) is 0.954. The Morgan fingerprint density at radius 3 is 3.04 bits per heavy atom. The van der Waals surface area contributed by atoms with Gasteiger partial charge in [0.05, 0.1) is 10.9 Å². The molecule has 0 bridgehead atoms. The summed E-state index contributed by atoms with van der Waals surface area (Å²) in [5.41, 5.74) is 0.720. The van der Waals surface area contributed by atoms with Crippen molar-refractivity contribution in [3.63, 3.8) is 0 Å². The Labute approximate surface area is 157 Å². The molecular weight excluding hydrogens is 378 g/mol. The highest BCUT2D eigenvalue weighted by atomic mass is 32.2. The van der Waals surface area contributed by atoms with Gasteiger partial charge in [0.2, 0.25) is 16.9 Å². The molecule has 0 radical (unpaired) electrons. The highest BCUT2D eigenvalue weighted by Gasteiger charge is 2.18. The molecule has 0 aliphatic carbocycles. The van der Waals surface area contributed by atoms with Crippen molar-refractivity contribution in [3.05, 3.63) is 34.2 Å². The van der Waals surface area contributed by atoms with E-state index < -0.39 is 0 Å². The Morgan fingerprint density at radius 1 is 1.44 bits per heavy atom. The molecule has 1 amide bonds. The lowest BCUT2D eigenvalue weighted by Gasteiger charge is -2.07. The summed E-state index contributed by atoms with van der Waals surface area (Å²) in [6.45, 7) is 4.42. The second kappa shape index (κ2) is 8.45. The standard InChI is InChI=1S/C15H17N5O2S3/c1-9-8-12(22-20-9)17-13(21)10(2)24-15-19-18-14(25-15)16-6-5-11-4-3-7-23-11/h3-4,7-8,10H,5-6H2,1-2H3,(H,16,18)(H,17,21). The molecule has 10 heteroatoms. The minimum Gasteiger partial charge on any atom is -0.360 e.